The highest BCUT2D eigenvalue weighted by atomic mass is 15.2. The minimum absolute atomic E-state index is 0.138. The summed E-state index contributed by atoms with van der Waals surface area (Å²) in [5.74, 6) is 0.675. The molecule has 0 saturated carbocycles. The van der Waals surface area contributed by atoms with Crippen LogP contribution in [-0.4, -0.2) is 16.7 Å². The smallest absolute Gasteiger partial charge is 0.252 e. The zero-order valence-corrected chi connectivity index (χ0v) is 43.0. The van der Waals surface area contributed by atoms with Crippen LogP contribution in [0.4, 0.5) is 34.1 Å². The molecule has 14 aromatic rings. The van der Waals surface area contributed by atoms with Crippen LogP contribution in [0.5, 0.6) is 0 Å². The number of fused-ring (bicyclic) bond motifs is 10. The molecule has 5 heteroatoms. The summed E-state index contributed by atoms with van der Waals surface area (Å²) < 4.78 is 0. The molecule has 13 aromatic carbocycles. The Balaban J connectivity index is 1.04. The maximum absolute atomic E-state index is 5.56. The molecule has 0 unspecified atom stereocenters. The van der Waals surface area contributed by atoms with Gasteiger partial charge in [-0.05, 0) is 138 Å². The molecule has 2 aliphatic rings. The Labute approximate surface area is 458 Å². The van der Waals surface area contributed by atoms with E-state index in [4.69, 9.17) is 9.97 Å². The molecule has 0 radical (unpaired) electrons. The van der Waals surface area contributed by atoms with Crippen molar-refractivity contribution in [1.29, 1.82) is 0 Å². The Morgan fingerprint density at radius 1 is 0.266 bits per heavy atom. The lowest BCUT2D eigenvalue weighted by Gasteiger charge is -2.45. The van der Waals surface area contributed by atoms with Crippen LogP contribution in [0, 0.1) is 0 Å². The van der Waals surface area contributed by atoms with E-state index in [1.807, 2.05) is 6.07 Å². The van der Waals surface area contributed by atoms with Crippen LogP contribution in [0.25, 0.3) is 99.2 Å². The van der Waals surface area contributed by atoms with Crippen molar-refractivity contribution in [3.63, 3.8) is 0 Å². The van der Waals surface area contributed by atoms with Crippen LogP contribution in [0.1, 0.15) is 0 Å². The molecule has 0 amide bonds. The maximum atomic E-state index is 5.56. The second-order valence-corrected chi connectivity index (χ2v) is 20.9. The quantitative estimate of drug-likeness (QED) is 0.118. The summed E-state index contributed by atoms with van der Waals surface area (Å²) in [6.07, 6.45) is 0. The molecule has 0 atom stereocenters. The number of nitrogens with zero attached hydrogens (tertiary/aromatic N) is 4. The molecule has 4 nitrogen and oxygen atoms in total. The first-order valence-corrected chi connectivity index (χ1v) is 27.2. The molecule has 0 aliphatic carbocycles. The summed E-state index contributed by atoms with van der Waals surface area (Å²) in [4.78, 5) is 16.0. The molecule has 79 heavy (non-hydrogen) atoms. The van der Waals surface area contributed by atoms with Crippen molar-refractivity contribution in [3.8, 4) is 56.2 Å². The highest BCUT2D eigenvalue weighted by Gasteiger charge is 2.45. The van der Waals surface area contributed by atoms with Crippen molar-refractivity contribution in [1.82, 2.24) is 9.97 Å². The van der Waals surface area contributed by atoms with Crippen LogP contribution >= 0.6 is 0 Å². The molecular formula is C74H47BN4. The van der Waals surface area contributed by atoms with E-state index in [2.05, 4.69) is 289 Å². The van der Waals surface area contributed by atoms with E-state index < -0.39 is 0 Å². The largest absolute Gasteiger partial charge is 0.311 e. The summed E-state index contributed by atoms with van der Waals surface area (Å²) in [6, 6.07) is 104. The highest BCUT2D eigenvalue weighted by molar-refractivity contribution is 7.00. The zero-order chi connectivity index (χ0) is 52.0. The van der Waals surface area contributed by atoms with Crippen molar-refractivity contribution < 1.29 is 0 Å². The Morgan fingerprint density at radius 3 is 1.08 bits per heavy atom. The molecule has 0 N–H and O–H groups in total. The lowest BCUT2D eigenvalue weighted by Crippen LogP contribution is -2.61. The van der Waals surface area contributed by atoms with Crippen LogP contribution in [0.3, 0.4) is 0 Å². The molecule has 0 bridgehead atoms. The van der Waals surface area contributed by atoms with Gasteiger partial charge < -0.3 is 9.80 Å². The Morgan fingerprint density at radius 2 is 0.633 bits per heavy atom. The summed E-state index contributed by atoms with van der Waals surface area (Å²) in [7, 11) is 0. The monoisotopic (exact) mass is 1000 g/mol. The third-order valence-corrected chi connectivity index (χ3v) is 16.3. The number of benzene rings is 13. The second-order valence-electron chi connectivity index (χ2n) is 20.9. The molecule has 16 rings (SSSR count). The number of hydrogen-bond donors (Lipinski definition) is 0. The molecule has 0 spiro atoms. The van der Waals surface area contributed by atoms with Gasteiger partial charge in [0, 0.05) is 61.6 Å². The van der Waals surface area contributed by atoms with E-state index in [0.29, 0.717) is 5.82 Å². The number of aromatic nitrogens is 2. The molecular weight excluding hydrogens is 956 g/mol. The summed E-state index contributed by atoms with van der Waals surface area (Å²) in [5.41, 5.74) is 19.9. The predicted molar refractivity (Wildman–Crippen MR) is 333 cm³/mol. The minimum Gasteiger partial charge on any atom is -0.311 e. The lowest BCUT2D eigenvalue weighted by atomic mass is 9.33. The molecule has 2 aliphatic heterocycles. The van der Waals surface area contributed by atoms with Gasteiger partial charge in [-0.3, -0.25) is 0 Å². The SMILES string of the molecule is c1ccc(-c2ccc(N3c4cc(-c5cc(-c6ccccc6)nc(-c6ccccc6)n5)cc5c4B(c4ccc6cc7ccccc7cc6c43)c3ccc4cc6ccccc6cc4c3N5c3ccc(-c4ccccc4)cc3)cc2)cc1. The van der Waals surface area contributed by atoms with Crippen molar-refractivity contribution >= 4 is 100 Å². The van der Waals surface area contributed by atoms with E-state index in [9.17, 15) is 0 Å². The Kier molecular flexibility index (Phi) is 10.3. The molecule has 3 heterocycles. The third kappa shape index (κ3) is 7.46. The predicted octanol–water partition coefficient (Wildman–Crippen LogP) is 17.5. The van der Waals surface area contributed by atoms with E-state index in [0.717, 1.165) is 50.8 Å². The standard InChI is InChI=1S/C74H47BN4/c1-5-17-48(18-6-1)50-29-35-61(36-30-50)78-69-45-60(68-47-67(52-21-9-3-10-22-52)76-74(77-68)53-23-11-4-12-24-53)46-70-71(69)75(65-39-33-58-41-54-25-13-15-27-56(54)43-63(58)72(65)78)66-40-34-59-42-55-26-14-16-28-57(55)44-64(59)73(66)79(70)62-37-31-51(32-38-62)49-19-7-2-8-20-49/h1-47H. The van der Waals surface area contributed by atoms with Crippen molar-refractivity contribution in [2.75, 3.05) is 9.80 Å². The normalized spacial score (nSPS) is 12.5. The summed E-state index contributed by atoms with van der Waals surface area (Å²) >= 11 is 0. The van der Waals surface area contributed by atoms with Gasteiger partial charge in [0.15, 0.2) is 5.82 Å². The topological polar surface area (TPSA) is 32.3 Å². The fourth-order valence-electron chi connectivity index (χ4n) is 12.6. The van der Waals surface area contributed by atoms with E-state index in [1.165, 1.54) is 93.1 Å². The molecule has 1 aromatic heterocycles. The van der Waals surface area contributed by atoms with Gasteiger partial charge in [0.05, 0.1) is 11.4 Å². The van der Waals surface area contributed by atoms with Crippen LogP contribution in [-0.2, 0) is 0 Å². The first-order chi connectivity index (χ1) is 39.1. The minimum atomic E-state index is -0.138. The molecule has 0 saturated heterocycles. The second kappa shape index (κ2) is 18.2. The highest BCUT2D eigenvalue weighted by Crippen LogP contribution is 2.50. The van der Waals surface area contributed by atoms with Crippen molar-refractivity contribution in [2.24, 2.45) is 0 Å². The summed E-state index contributed by atoms with van der Waals surface area (Å²) in [5, 5.41) is 9.65. The maximum Gasteiger partial charge on any atom is 0.252 e. The lowest BCUT2D eigenvalue weighted by molar-refractivity contribution is 1.18. The summed E-state index contributed by atoms with van der Waals surface area (Å²) in [6.45, 7) is -0.138. The Hall–Kier alpha value is -10.4. The zero-order valence-electron chi connectivity index (χ0n) is 43.0. The van der Waals surface area contributed by atoms with E-state index in [-0.39, 0.29) is 6.71 Å². The van der Waals surface area contributed by atoms with E-state index in [1.54, 1.807) is 0 Å². The van der Waals surface area contributed by atoms with Crippen LogP contribution in [0.2, 0.25) is 0 Å². The van der Waals surface area contributed by atoms with Gasteiger partial charge in [0.1, 0.15) is 0 Å². The first-order valence-electron chi connectivity index (χ1n) is 27.2. The molecule has 0 fully saturated rings. The number of anilines is 6. The average Bonchev–Trinajstić information content (AvgIpc) is 3.71. The van der Waals surface area contributed by atoms with Crippen molar-refractivity contribution in [2.45, 2.75) is 0 Å². The van der Waals surface area contributed by atoms with Gasteiger partial charge in [0.25, 0.3) is 6.71 Å². The van der Waals surface area contributed by atoms with Gasteiger partial charge in [-0.15, -0.1) is 0 Å². The van der Waals surface area contributed by atoms with Gasteiger partial charge in [0.2, 0.25) is 0 Å². The van der Waals surface area contributed by atoms with Gasteiger partial charge in [-0.1, -0.05) is 218 Å². The number of rotatable bonds is 7. The van der Waals surface area contributed by atoms with E-state index >= 15 is 0 Å². The fraction of sp³-hybridized carbons (Fsp3) is 0. The third-order valence-electron chi connectivity index (χ3n) is 16.3. The van der Waals surface area contributed by atoms with Gasteiger partial charge >= 0.3 is 0 Å². The van der Waals surface area contributed by atoms with Crippen LogP contribution < -0.4 is 26.2 Å². The average molecular weight is 1000 g/mol. The van der Waals surface area contributed by atoms with Crippen molar-refractivity contribution in [3.05, 3.63) is 285 Å². The fourth-order valence-corrected chi connectivity index (χ4v) is 12.6. The van der Waals surface area contributed by atoms with Gasteiger partial charge in [-0.25, -0.2) is 9.97 Å². The molecule has 366 valence electrons. The number of hydrogen-bond acceptors (Lipinski definition) is 4. The Bertz CT molecular complexity index is 4410. The first kappa shape index (κ1) is 44.9. The van der Waals surface area contributed by atoms with Gasteiger partial charge in [-0.2, -0.15) is 0 Å². The van der Waals surface area contributed by atoms with Crippen LogP contribution in [0.15, 0.2) is 285 Å².